The van der Waals surface area contributed by atoms with Crippen LogP contribution in [-0.2, 0) is 4.74 Å². The molecule has 178 valence electrons. The van der Waals surface area contributed by atoms with E-state index >= 15 is 0 Å². The molecule has 34 heavy (non-hydrogen) atoms. The SMILES string of the molecule is Cc1cc(C)cc(Nc2nccc(-c3ccc(N4CCN(C(=O)OC(C)(C)C)CC4)nc3)n2)c1. The quantitative estimate of drug-likeness (QED) is 0.589. The summed E-state index contributed by atoms with van der Waals surface area (Å²) < 4.78 is 5.48. The first-order chi connectivity index (χ1) is 16.2. The molecule has 1 aliphatic heterocycles. The lowest BCUT2D eigenvalue weighted by Gasteiger charge is -2.36. The summed E-state index contributed by atoms with van der Waals surface area (Å²) in [6, 6.07) is 12.2. The standard InChI is InChI=1S/C26H32N6O2/c1-18-14-19(2)16-21(15-18)29-24-27-9-8-22(30-24)20-6-7-23(28-17-20)31-10-12-32(13-11-31)25(33)34-26(3,4)5/h6-9,14-17H,10-13H2,1-5H3,(H,27,29,30). The van der Waals surface area contributed by atoms with E-state index in [0.29, 0.717) is 32.1 Å². The molecule has 3 aromatic rings. The Morgan fingerprint density at radius 2 is 1.68 bits per heavy atom. The van der Waals surface area contributed by atoms with Gasteiger partial charge in [-0.2, -0.15) is 0 Å². The molecule has 8 nitrogen and oxygen atoms in total. The molecule has 1 aromatic carbocycles. The summed E-state index contributed by atoms with van der Waals surface area (Å²) in [4.78, 5) is 29.9. The Balaban J connectivity index is 1.39. The number of hydrogen-bond donors (Lipinski definition) is 1. The van der Waals surface area contributed by atoms with E-state index in [0.717, 1.165) is 22.8 Å². The van der Waals surface area contributed by atoms with Crippen LogP contribution in [0, 0.1) is 13.8 Å². The van der Waals surface area contributed by atoms with Crippen LogP contribution in [-0.4, -0.2) is 57.7 Å². The third-order valence-electron chi connectivity index (χ3n) is 5.43. The lowest BCUT2D eigenvalue weighted by molar-refractivity contribution is 0.0240. The average molecular weight is 461 g/mol. The number of carbonyl (C=O) groups is 1. The average Bonchev–Trinajstić information content (AvgIpc) is 2.78. The van der Waals surface area contributed by atoms with Gasteiger partial charge in [0.2, 0.25) is 5.95 Å². The number of amides is 1. The van der Waals surface area contributed by atoms with Crippen molar-refractivity contribution in [2.24, 2.45) is 0 Å². The lowest BCUT2D eigenvalue weighted by Crippen LogP contribution is -2.50. The molecule has 0 spiro atoms. The second kappa shape index (κ2) is 9.67. The van der Waals surface area contributed by atoms with Crippen LogP contribution in [0.4, 0.5) is 22.2 Å². The van der Waals surface area contributed by atoms with Crippen LogP contribution < -0.4 is 10.2 Å². The van der Waals surface area contributed by atoms with Crippen LogP contribution >= 0.6 is 0 Å². The van der Waals surface area contributed by atoms with Crippen molar-refractivity contribution in [1.29, 1.82) is 0 Å². The predicted octanol–water partition coefficient (Wildman–Crippen LogP) is 4.96. The molecule has 0 saturated carbocycles. The minimum atomic E-state index is -0.485. The molecule has 1 saturated heterocycles. The van der Waals surface area contributed by atoms with E-state index in [-0.39, 0.29) is 6.09 Å². The Morgan fingerprint density at radius 3 is 2.29 bits per heavy atom. The largest absolute Gasteiger partial charge is 0.444 e. The van der Waals surface area contributed by atoms with Gasteiger partial charge in [0.1, 0.15) is 11.4 Å². The van der Waals surface area contributed by atoms with Crippen molar-refractivity contribution in [2.45, 2.75) is 40.2 Å². The highest BCUT2D eigenvalue weighted by Crippen LogP contribution is 2.23. The molecule has 4 rings (SSSR count). The molecule has 0 unspecified atom stereocenters. The van der Waals surface area contributed by atoms with Crippen LogP contribution in [0.1, 0.15) is 31.9 Å². The van der Waals surface area contributed by atoms with Crippen molar-refractivity contribution in [1.82, 2.24) is 19.9 Å². The van der Waals surface area contributed by atoms with Gasteiger partial charge in [-0.3, -0.25) is 0 Å². The molecule has 8 heteroatoms. The molecule has 3 heterocycles. The highest BCUT2D eigenvalue weighted by molar-refractivity contribution is 5.69. The molecule has 1 aliphatic rings. The van der Waals surface area contributed by atoms with E-state index in [1.165, 1.54) is 11.1 Å². The molecule has 1 amide bonds. The lowest BCUT2D eigenvalue weighted by atomic mass is 10.1. The van der Waals surface area contributed by atoms with Crippen molar-refractivity contribution < 1.29 is 9.53 Å². The predicted molar refractivity (Wildman–Crippen MR) is 134 cm³/mol. The smallest absolute Gasteiger partial charge is 0.410 e. The van der Waals surface area contributed by atoms with Crippen LogP contribution in [0.15, 0.2) is 48.8 Å². The normalized spacial score (nSPS) is 14.1. The number of piperazine rings is 1. The maximum absolute atomic E-state index is 12.3. The van der Waals surface area contributed by atoms with Gasteiger partial charge in [-0.25, -0.2) is 19.7 Å². The van der Waals surface area contributed by atoms with E-state index in [4.69, 9.17) is 4.74 Å². The molecule has 0 atom stereocenters. The molecule has 2 aromatic heterocycles. The van der Waals surface area contributed by atoms with Crippen molar-refractivity contribution in [3.8, 4) is 11.3 Å². The van der Waals surface area contributed by atoms with Crippen LogP contribution in [0.3, 0.4) is 0 Å². The maximum atomic E-state index is 12.3. The zero-order valence-electron chi connectivity index (χ0n) is 20.5. The van der Waals surface area contributed by atoms with Crippen molar-refractivity contribution in [3.05, 3.63) is 59.9 Å². The summed E-state index contributed by atoms with van der Waals surface area (Å²) in [6.45, 7) is 12.4. The fraction of sp³-hybridized carbons (Fsp3) is 0.385. The molecule has 1 N–H and O–H groups in total. The summed E-state index contributed by atoms with van der Waals surface area (Å²) in [5.74, 6) is 1.43. The first-order valence-corrected chi connectivity index (χ1v) is 11.5. The minimum absolute atomic E-state index is 0.260. The number of nitrogens with zero attached hydrogens (tertiary/aromatic N) is 5. The number of benzene rings is 1. The fourth-order valence-electron chi connectivity index (χ4n) is 3.92. The second-order valence-corrected chi connectivity index (χ2v) is 9.63. The number of aromatic nitrogens is 3. The second-order valence-electron chi connectivity index (χ2n) is 9.63. The van der Waals surface area contributed by atoms with Gasteiger partial charge in [-0.1, -0.05) is 6.07 Å². The number of aryl methyl sites for hydroxylation is 2. The van der Waals surface area contributed by atoms with E-state index in [1.54, 1.807) is 11.1 Å². The zero-order chi connectivity index (χ0) is 24.3. The van der Waals surface area contributed by atoms with Crippen LogP contribution in [0.25, 0.3) is 11.3 Å². The van der Waals surface area contributed by atoms with E-state index < -0.39 is 5.60 Å². The molecule has 0 aliphatic carbocycles. The summed E-state index contributed by atoms with van der Waals surface area (Å²) in [5.41, 5.74) is 4.57. The molecular formula is C26H32N6O2. The molecule has 0 radical (unpaired) electrons. The van der Waals surface area contributed by atoms with Gasteiger partial charge in [0.15, 0.2) is 0 Å². The van der Waals surface area contributed by atoms with E-state index in [9.17, 15) is 4.79 Å². The number of anilines is 3. The van der Waals surface area contributed by atoms with Crippen molar-refractivity contribution in [2.75, 3.05) is 36.4 Å². The monoisotopic (exact) mass is 460 g/mol. The van der Waals surface area contributed by atoms with Gasteiger partial charge in [0.05, 0.1) is 5.69 Å². The van der Waals surface area contributed by atoms with Gasteiger partial charge < -0.3 is 19.9 Å². The topological polar surface area (TPSA) is 83.5 Å². The molecular weight excluding hydrogens is 428 g/mol. The Bertz CT molecular complexity index is 1130. The molecule has 1 fully saturated rings. The van der Waals surface area contributed by atoms with Gasteiger partial charge in [-0.15, -0.1) is 0 Å². The third-order valence-corrected chi connectivity index (χ3v) is 5.43. The van der Waals surface area contributed by atoms with Crippen molar-refractivity contribution >= 4 is 23.5 Å². The van der Waals surface area contributed by atoms with E-state index in [2.05, 4.69) is 57.2 Å². The Labute approximate surface area is 201 Å². The zero-order valence-corrected chi connectivity index (χ0v) is 20.5. The summed E-state index contributed by atoms with van der Waals surface area (Å²) in [6.07, 6.45) is 3.32. The molecule has 0 bridgehead atoms. The van der Waals surface area contributed by atoms with Crippen molar-refractivity contribution in [3.63, 3.8) is 0 Å². The van der Waals surface area contributed by atoms with Crippen LogP contribution in [0.5, 0.6) is 0 Å². The summed E-state index contributed by atoms with van der Waals surface area (Å²) in [7, 11) is 0. The number of pyridine rings is 1. The highest BCUT2D eigenvalue weighted by Gasteiger charge is 2.26. The Morgan fingerprint density at radius 1 is 0.971 bits per heavy atom. The number of rotatable bonds is 4. The third kappa shape index (κ3) is 6.01. The number of hydrogen-bond acceptors (Lipinski definition) is 7. The Hall–Kier alpha value is -3.68. The van der Waals surface area contributed by atoms with E-state index in [1.807, 2.05) is 45.2 Å². The fourth-order valence-corrected chi connectivity index (χ4v) is 3.92. The minimum Gasteiger partial charge on any atom is -0.444 e. The summed E-state index contributed by atoms with van der Waals surface area (Å²) in [5, 5.41) is 3.29. The number of nitrogens with one attached hydrogen (secondary N) is 1. The van der Waals surface area contributed by atoms with Gasteiger partial charge in [-0.05, 0) is 76.1 Å². The highest BCUT2D eigenvalue weighted by atomic mass is 16.6. The first kappa shape index (κ1) is 23.5. The number of carbonyl (C=O) groups excluding carboxylic acids is 1. The summed E-state index contributed by atoms with van der Waals surface area (Å²) >= 11 is 0. The van der Waals surface area contributed by atoms with Gasteiger partial charge in [0, 0.05) is 49.8 Å². The first-order valence-electron chi connectivity index (χ1n) is 11.5. The Kier molecular flexibility index (Phi) is 6.68. The van der Waals surface area contributed by atoms with Crippen LogP contribution in [0.2, 0.25) is 0 Å². The maximum Gasteiger partial charge on any atom is 0.410 e. The van der Waals surface area contributed by atoms with Gasteiger partial charge in [0.25, 0.3) is 0 Å². The number of ether oxygens (including phenoxy) is 1. The van der Waals surface area contributed by atoms with Gasteiger partial charge >= 0.3 is 6.09 Å².